The molecule has 5 nitrogen and oxygen atoms in total. The summed E-state index contributed by atoms with van der Waals surface area (Å²) in [7, 11) is 0. The molecule has 1 aromatic heterocycles. The lowest BCUT2D eigenvalue weighted by Crippen LogP contribution is -2.25. The first-order valence-corrected chi connectivity index (χ1v) is 8.28. The van der Waals surface area contributed by atoms with E-state index in [1.165, 1.54) is 11.8 Å². The molecule has 0 aliphatic rings. The molecule has 0 fully saturated rings. The van der Waals surface area contributed by atoms with Crippen molar-refractivity contribution in [3.05, 3.63) is 36.4 Å². The number of hydrogen-bond donors (Lipinski definition) is 0. The Bertz CT molecular complexity index is 874. The predicted octanol–water partition coefficient (Wildman–Crippen LogP) is 3.61. The molecule has 3 aromatic rings. The summed E-state index contributed by atoms with van der Waals surface area (Å²) in [5, 5.41) is 11.0. The third-order valence-corrected chi connectivity index (χ3v) is 3.88. The maximum atomic E-state index is 11.8. The molecule has 118 valence electrons. The smallest absolute Gasteiger partial charge is 0.316 e. The van der Waals surface area contributed by atoms with Crippen molar-refractivity contribution < 1.29 is 9.53 Å². The minimum atomic E-state index is -0.487. The van der Waals surface area contributed by atoms with Crippen LogP contribution in [0, 0.1) is 0 Å². The van der Waals surface area contributed by atoms with Gasteiger partial charge in [-0.25, -0.2) is 4.98 Å². The van der Waals surface area contributed by atoms with Gasteiger partial charge in [-0.05, 0) is 32.2 Å². The van der Waals surface area contributed by atoms with E-state index in [9.17, 15) is 4.79 Å². The first-order chi connectivity index (χ1) is 10.9. The number of ether oxygens (including phenoxy) is 1. The Morgan fingerprint density at radius 1 is 1.13 bits per heavy atom. The van der Waals surface area contributed by atoms with Crippen LogP contribution in [0.3, 0.4) is 0 Å². The maximum absolute atomic E-state index is 11.8. The molecule has 0 radical (unpaired) electrons. The number of carbonyl (C=O) groups is 1. The number of hydrogen-bond acceptors (Lipinski definition) is 6. The SMILES string of the molecule is CC(C)(C)OC(=O)CSc1nnc2c(ccc3ccccc32)n1. The van der Waals surface area contributed by atoms with Crippen LogP contribution in [0.15, 0.2) is 41.6 Å². The fraction of sp³-hybridized carbons (Fsp3) is 0.294. The van der Waals surface area contributed by atoms with Crippen molar-refractivity contribution in [3.8, 4) is 0 Å². The zero-order chi connectivity index (χ0) is 16.4. The average Bonchev–Trinajstić information content (AvgIpc) is 2.51. The highest BCUT2D eigenvalue weighted by Crippen LogP contribution is 2.23. The van der Waals surface area contributed by atoms with Crippen LogP contribution in [-0.2, 0) is 9.53 Å². The standard InChI is InChI=1S/C17H17N3O2S/c1-17(2,3)22-14(21)10-23-16-18-13-9-8-11-6-4-5-7-12(11)15(13)19-20-16/h4-9H,10H2,1-3H3. The Morgan fingerprint density at radius 2 is 1.91 bits per heavy atom. The van der Waals surface area contributed by atoms with Gasteiger partial charge in [-0.2, -0.15) is 0 Å². The monoisotopic (exact) mass is 327 g/mol. The number of esters is 1. The molecule has 0 unspecified atom stereocenters. The summed E-state index contributed by atoms with van der Waals surface area (Å²) >= 11 is 1.23. The van der Waals surface area contributed by atoms with E-state index in [2.05, 4.69) is 15.2 Å². The number of nitrogens with zero attached hydrogens (tertiary/aromatic N) is 3. The van der Waals surface area contributed by atoms with Gasteiger partial charge in [-0.1, -0.05) is 42.1 Å². The van der Waals surface area contributed by atoms with Gasteiger partial charge < -0.3 is 4.74 Å². The zero-order valence-electron chi connectivity index (χ0n) is 13.2. The molecule has 0 N–H and O–H groups in total. The number of fused-ring (bicyclic) bond motifs is 3. The first kappa shape index (κ1) is 15.7. The van der Waals surface area contributed by atoms with Crippen LogP contribution < -0.4 is 0 Å². The second kappa shape index (κ2) is 6.12. The largest absolute Gasteiger partial charge is 0.459 e. The molecule has 1 heterocycles. The molecule has 0 aliphatic carbocycles. The zero-order valence-corrected chi connectivity index (χ0v) is 14.1. The van der Waals surface area contributed by atoms with Gasteiger partial charge in [-0.3, -0.25) is 4.79 Å². The Morgan fingerprint density at radius 3 is 2.70 bits per heavy atom. The molecular formula is C17H17N3O2S. The highest BCUT2D eigenvalue weighted by Gasteiger charge is 2.17. The summed E-state index contributed by atoms with van der Waals surface area (Å²) in [5.74, 6) is -0.123. The summed E-state index contributed by atoms with van der Waals surface area (Å²) in [6.45, 7) is 5.53. The van der Waals surface area contributed by atoms with E-state index in [4.69, 9.17) is 4.74 Å². The second-order valence-electron chi connectivity index (χ2n) is 6.12. The van der Waals surface area contributed by atoms with Crippen LogP contribution in [0.5, 0.6) is 0 Å². The van der Waals surface area contributed by atoms with Crippen LogP contribution in [0.4, 0.5) is 0 Å². The van der Waals surface area contributed by atoms with E-state index >= 15 is 0 Å². The van der Waals surface area contributed by atoms with Crippen LogP contribution >= 0.6 is 11.8 Å². The van der Waals surface area contributed by atoms with Crippen LogP contribution in [-0.4, -0.2) is 32.5 Å². The normalized spacial score (nSPS) is 11.8. The van der Waals surface area contributed by atoms with Gasteiger partial charge in [0.2, 0.25) is 5.16 Å². The van der Waals surface area contributed by atoms with E-state index in [1.807, 2.05) is 57.2 Å². The number of carbonyl (C=O) groups excluding carboxylic acids is 1. The van der Waals surface area contributed by atoms with E-state index < -0.39 is 5.60 Å². The highest BCUT2D eigenvalue weighted by molar-refractivity contribution is 7.99. The predicted molar refractivity (Wildman–Crippen MR) is 91.4 cm³/mol. The third-order valence-electron chi connectivity index (χ3n) is 3.07. The van der Waals surface area contributed by atoms with Crippen molar-refractivity contribution in [2.24, 2.45) is 0 Å². The van der Waals surface area contributed by atoms with Gasteiger partial charge in [0.25, 0.3) is 0 Å². The Balaban J connectivity index is 1.81. The van der Waals surface area contributed by atoms with Gasteiger partial charge in [0.1, 0.15) is 11.1 Å². The van der Waals surface area contributed by atoms with Gasteiger partial charge in [0, 0.05) is 5.39 Å². The first-order valence-electron chi connectivity index (χ1n) is 7.29. The van der Waals surface area contributed by atoms with Crippen molar-refractivity contribution in [2.45, 2.75) is 31.5 Å². The lowest BCUT2D eigenvalue weighted by atomic mass is 10.1. The molecule has 0 saturated heterocycles. The number of benzene rings is 2. The topological polar surface area (TPSA) is 65.0 Å². The quantitative estimate of drug-likeness (QED) is 0.416. The van der Waals surface area contributed by atoms with Crippen LogP contribution in [0.2, 0.25) is 0 Å². The molecule has 0 amide bonds. The molecule has 0 aliphatic heterocycles. The van der Waals surface area contributed by atoms with Crippen LogP contribution in [0.1, 0.15) is 20.8 Å². The summed E-state index contributed by atoms with van der Waals surface area (Å²) in [6, 6.07) is 11.9. The third kappa shape index (κ3) is 3.76. The summed E-state index contributed by atoms with van der Waals surface area (Å²) < 4.78 is 5.27. The summed E-state index contributed by atoms with van der Waals surface area (Å²) in [6.07, 6.45) is 0. The summed E-state index contributed by atoms with van der Waals surface area (Å²) in [5.41, 5.74) is 1.05. The van der Waals surface area contributed by atoms with E-state index in [0.717, 1.165) is 21.8 Å². The Labute approximate surface area is 138 Å². The average molecular weight is 327 g/mol. The van der Waals surface area contributed by atoms with E-state index in [0.29, 0.717) is 5.16 Å². The van der Waals surface area contributed by atoms with Crippen molar-refractivity contribution >= 4 is 39.5 Å². The molecular weight excluding hydrogens is 310 g/mol. The molecule has 6 heteroatoms. The lowest BCUT2D eigenvalue weighted by molar-refractivity contribution is -0.151. The fourth-order valence-corrected chi connectivity index (χ4v) is 2.78. The van der Waals surface area contributed by atoms with E-state index in [1.54, 1.807) is 0 Å². The molecule has 0 saturated carbocycles. The van der Waals surface area contributed by atoms with Crippen molar-refractivity contribution in [2.75, 3.05) is 5.75 Å². The van der Waals surface area contributed by atoms with Crippen molar-refractivity contribution in [1.82, 2.24) is 15.2 Å². The van der Waals surface area contributed by atoms with Crippen molar-refractivity contribution in [1.29, 1.82) is 0 Å². The van der Waals surface area contributed by atoms with Gasteiger partial charge in [-0.15, -0.1) is 10.2 Å². The molecule has 0 bridgehead atoms. The molecule has 0 atom stereocenters. The fourth-order valence-electron chi connectivity index (χ4n) is 2.21. The highest BCUT2D eigenvalue weighted by atomic mass is 32.2. The lowest BCUT2D eigenvalue weighted by Gasteiger charge is -2.19. The van der Waals surface area contributed by atoms with Crippen LogP contribution in [0.25, 0.3) is 21.8 Å². The number of thioether (sulfide) groups is 1. The Kier molecular flexibility index (Phi) is 4.17. The molecule has 0 spiro atoms. The van der Waals surface area contributed by atoms with Gasteiger partial charge in [0.15, 0.2) is 0 Å². The van der Waals surface area contributed by atoms with Gasteiger partial charge >= 0.3 is 5.97 Å². The van der Waals surface area contributed by atoms with Gasteiger partial charge in [0.05, 0.1) is 11.3 Å². The minimum absolute atomic E-state index is 0.165. The molecule has 3 rings (SSSR count). The second-order valence-corrected chi connectivity index (χ2v) is 7.07. The Hall–Kier alpha value is -2.21. The van der Waals surface area contributed by atoms with Crippen molar-refractivity contribution in [3.63, 3.8) is 0 Å². The maximum Gasteiger partial charge on any atom is 0.316 e. The van der Waals surface area contributed by atoms with E-state index in [-0.39, 0.29) is 11.7 Å². The minimum Gasteiger partial charge on any atom is -0.459 e. The number of rotatable bonds is 3. The molecule has 2 aromatic carbocycles. The molecule has 23 heavy (non-hydrogen) atoms. The number of aromatic nitrogens is 3. The summed E-state index contributed by atoms with van der Waals surface area (Å²) in [4.78, 5) is 16.2.